The molecule has 0 saturated carbocycles. The summed E-state index contributed by atoms with van der Waals surface area (Å²) in [6.07, 6.45) is 3.21. The average Bonchev–Trinajstić information content (AvgIpc) is 3.30. The Balaban J connectivity index is 1.43. The van der Waals surface area contributed by atoms with Crippen molar-refractivity contribution < 1.29 is 13.7 Å². The first kappa shape index (κ1) is 16.4. The molecule has 8 nitrogen and oxygen atoms in total. The Morgan fingerprint density at radius 3 is 3.08 bits per heavy atom. The van der Waals surface area contributed by atoms with Crippen LogP contribution in [0.1, 0.15) is 24.2 Å². The van der Waals surface area contributed by atoms with E-state index in [9.17, 15) is 9.18 Å². The number of fused-ring (bicyclic) bond motifs is 1. The molecule has 1 aromatic carbocycles. The quantitative estimate of drug-likeness (QED) is 0.693. The molecule has 0 unspecified atom stereocenters. The van der Waals surface area contributed by atoms with Crippen LogP contribution < -0.4 is 0 Å². The number of rotatable bonds is 5. The highest BCUT2D eigenvalue weighted by atomic mass is 19.1. The summed E-state index contributed by atoms with van der Waals surface area (Å²) < 4.78 is 20.5. The van der Waals surface area contributed by atoms with E-state index in [4.69, 9.17) is 4.52 Å². The van der Waals surface area contributed by atoms with E-state index >= 15 is 0 Å². The van der Waals surface area contributed by atoms with E-state index < -0.39 is 0 Å². The standard InChI is InChI=1S/C17H17FN6O2/c18-13-4-1-3-12(9-13)17-14-10-23(8-6-15(14)26-20-17)16(25)5-2-7-24-11-19-21-22-24/h1,3-4,9,11H,2,5-8,10H2. The predicted octanol–water partition coefficient (Wildman–Crippen LogP) is 1.83. The van der Waals surface area contributed by atoms with Crippen LogP contribution in [0, 0.1) is 5.82 Å². The zero-order chi connectivity index (χ0) is 17.9. The molecule has 134 valence electrons. The number of hydrogen-bond donors (Lipinski definition) is 0. The number of aryl methyl sites for hydroxylation is 1. The fourth-order valence-corrected chi connectivity index (χ4v) is 3.12. The van der Waals surface area contributed by atoms with E-state index in [1.165, 1.54) is 18.5 Å². The van der Waals surface area contributed by atoms with Crippen molar-refractivity contribution in [2.75, 3.05) is 6.54 Å². The van der Waals surface area contributed by atoms with Crippen molar-refractivity contribution >= 4 is 5.91 Å². The van der Waals surface area contributed by atoms with Gasteiger partial charge in [-0.05, 0) is 29.0 Å². The highest BCUT2D eigenvalue weighted by molar-refractivity contribution is 5.77. The van der Waals surface area contributed by atoms with Gasteiger partial charge in [0.05, 0.1) is 6.54 Å². The molecule has 2 aromatic heterocycles. The molecule has 0 bridgehead atoms. The Kier molecular flexibility index (Phi) is 4.42. The average molecular weight is 356 g/mol. The molecule has 0 spiro atoms. The minimum Gasteiger partial charge on any atom is -0.360 e. The molecule has 3 heterocycles. The van der Waals surface area contributed by atoms with Crippen LogP contribution >= 0.6 is 0 Å². The van der Waals surface area contributed by atoms with Crippen molar-refractivity contribution in [3.63, 3.8) is 0 Å². The second kappa shape index (κ2) is 7.03. The molecule has 0 aliphatic carbocycles. The first-order valence-electron chi connectivity index (χ1n) is 8.42. The third-order valence-electron chi connectivity index (χ3n) is 4.45. The molecule has 0 fully saturated rings. The van der Waals surface area contributed by atoms with E-state index in [1.54, 1.807) is 21.7 Å². The third kappa shape index (κ3) is 3.32. The maximum Gasteiger partial charge on any atom is 0.222 e. The van der Waals surface area contributed by atoms with Crippen LogP contribution in [-0.4, -0.2) is 42.7 Å². The fourth-order valence-electron chi connectivity index (χ4n) is 3.12. The van der Waals surface area contributed by atoms with Crippen LogP contribution in [0.4, 0.5) is 4.39 Å². The molecule has 9 heteroatoms. The number of aromatic nitrogens is 5. The number of carbonyl (C=O) groups is 1. The maximum atomic E-state index is 13.5. The van der Waals surface area contributed by atoms with Crippen LogP contribution in [0.5, 0.6) is 0 Å². The van der Waals surface area contributed by atoms with Crippen molar-refractivity contribution in [2.45, 2.75) is 32.4 Å². The van der Waals surface area contributed by atoms with E-state index in [-0.39, 0.29) is 11.7 Å². The van der Waals surface area contributed by atoms with Crippen LogP contribution in [-0.2, 0) is 24.3 Å². The Morgan fingerprint density at radius 2 is 2.27 bits per heavy atom. The molecule has 0 saturated heterocycles. The monoisotopic (exact) mass is 356 g/mol. The van der Waals surface area contributed by atoms with Crippen LogP contribution in [0.3, 0.4) is 0 Å². The number of carbonyl (C=O) groups excluding carboxylic acids is 1. The SMILES string of the molecule is O=C(CCCn1cnnn1)N1CCc2onc(-c3cccc(F)c3)c2C1. The lowest BCUT2D eigenvalue weighted by molar-refractivity contribution is -0.132. The van der Waals surface area contributed by atoms with Crippen molar-refractivity contribution in [2.24, 2.45) is 0 Å². The van der Waals surface area contributed by atoms with E-state index in [1.807, 2.05) is 0 Å². The van der Waals surface area contributed by atoms with E-state index in [2.05, 4.69) is 20.7 Å². The van der Waals surface area contributed by atoms with Crippen molar-refractivity contribution in [1.29, 1.82) is 0 Å². The highest BCUT2D eigenvalue weighted by Crippen LogP contribution is 2.30. The Bertz CT molecular complexity index is 908. The number of amides is 1. The van der Waals surface area contributed by atoms with Crippen LogP contribution in [0.2, 0.25) is 0 Å². The molecule has 26 heavy (non-hydrogen) atoms. The molecular formula is C17H17FN6O2. The molecule has 1 aliphatic heterocycles. The van der Waals surface area contributed by atoms with E-state index in [0.717, 1.165) is 11.3 Å². The first-order chi connectivity index (χ1) is 12.7. The number of tetrazole rings is 1. The Morgan fingerprint density at radius 1 is 1.35 bits per heavy atom. The summed E-state index contributed by atoms with van der Waals surface area (Å²) in [6.45, 7) is 1.61. The van der Waals surface area contributed by atoms with Gasteiger partial charge in [-0.1, -0.05) is 17.3 Å². The van der Waals surface area contributed by atoms with Gasteiger partial charge in [-0.25, -0.2) is 9.07 Å². The van der Waals surface area contributed by atoms with Crippen LogP contribution in [0.15, 0.2) is 35.1 Å². The van der Waals surface area contributed by atoms with Gasteiger partial charge in [0, 0.05) is 37.1 Å². The van der Waals surface area contributed by atoms with E-state index in [0.29, 0.717) is 50.2 Å². The second-order valence-corrected chi connectivity index (χ2v) is 6.19. The summed E-state index contributed by atoms with van der Waals surface area (Å²) in [5, 5.41) is 15.0. The number of nitrogens with zero attached hydrogens (tertiary/aromatic N) is 6. The van der Waals surface area contributed by atoms with Gasteiger partial charge < -0.3 is 9.42 Å². The van der Waals surface area contributed by atoms with Gasteiger partial charge in [-0.2, -0.15) is 0 Å². The summed E-state index contributed by atoms with van der Waals surface area (Å²) in [5.74, 6) is 0.503. The van der Waals surface area contributed by atoms with Gasteiger partial charge in [-0.15, -0.1) is 5.10 Å². The fraction of sp³-hybridized carbons (Fsp3) is 0.353. The minimum absolute atomic E-state index is 0.0649. The van der Waals surface area contributed by atoms with Crippen molar-refractivity contribution in [3.05, 3.63) is 47.7 Å². The van der Waals surface area contributed by atoms with Crippen molar-refractivity contribution in [1.82, 2.24) is 30.3 Å². The van der Waals surface area contributed by atoms with Gasteiger partial charge in [0.2, 0.25) is 5.91 Å². The summed E-state index contributed by atoms with van der Waals surface area (Å²) in [7, 11) is 0. The molecule has 0 radical (unpaired) electrons. The minimum atomic E-state index is -0.328. The predicted molar refractivity (Wildman–Crippen MR) is 88.1 cm³/mol. The summed E-state index contributed by atoms with van der Waals surface area (Å²) in [6, 6.07) is 6.23. The smallest absolute Gasteiger partial charge is 0.222 e. The topological polar surface area (TPSA) is 89.9 Å². The molecular weight excluding hydrogens is 339 g/mol. The van der Waals surface area contributed by atoms with Gasteiger partial charge in [0.25, 0.3) is 0 Å². The molecule has 3 aromatic rings. The zero-order valence-corrected chi connectivity index (χ0v) is 14.0. The molecule has 4 rings (SSSR count). The lowest BCUT2D eigenvalue weighted by atomic mass is 10.0. The van der Waals surface area contributed by atoms with Crippen molar-refractivity contribution in [3.8, 4) is 11.3 Å². The van der Waals surface area contributed by atoms with Gasteiger partial charge in [0.1, 0.15) is 23.6 Å². The Hall–Kier alpha value is -3.10. The molecule has 1 amide bonds. The highest BCUT2D eigenvalue weighted by Gasteiger charge is 2.27. The zero-order valence-electron chi connectivity index (χ0n) is 14.0. The van der Waals surface area contributed by atoms with Gasteiger partial charge in [-0.3, -0.25) is 4.79 Å². The number of benzene rings is 1. The lowest BCUT2D eigenvalue weighted by Crippen LogP contribution is -2.35. The summed E-state index contributed by atoms with van der Waals surface area (Å²) >= 11 is 0. The third-order valence-corrected chi connectivity index (χ3v) is 4.45. The molecule has 0 N–H and O–H groups in total. The second-order valence-electron chi connectivity index (χ2n) is 6.19. The van der Waals surface area contributed by atoms with Gasteiger partial charge in [0.15, 0.2) is 0 Å². The normalized spacial score (nSPS) is 13.7. The summed E-state index contributed by atoms with van der Waals surface area (Å²) in [4.78, 5) is 14.3. The first-order valence-corrected chi connectivity index (χ1v) is 8.42. The number of halogens is 1. The van der Waals surface area contributed by atoms with Gasteiger partial charge >= 0.3 is 0 Å². The Labute approximate surface area is 148 Å². The maximum absolute atomic E-state index is 13.5. The summed E-state index contributed by atoms with van der Waals surface area (Å²) in [5.41, 5.74) is 2.12. The van der Waals surface area contributed by atoms with Crippen LogP contribution in [0.25, 0.3) is 11.3 Å². The lowest BCUT2D eigenvalue weighted by Gasteiger charge is -2.26. The number of hydrogen-bond acceptors (Lipinski definition) is 6. The largest absolute Gasteiger partial charge is 0.360 e. The molecule has 0 atom stereocenters. The molecule has 1 aliphatic rings.